The average molecular weight is 691 g/mol. The first-order valence-electron chi connectivity index (χ1n) is 20.9. The molecule has 7 heteroatoms. The van der Waals surface area contributed by atoms with E-state index in [0.717, 1.165) is 12.8 Å². The second kappa shape index (κ2) is 40.5. The molecule has 0 aliphatic rings. The van der Waals surface area contributed by atoms with Gasteiger partial charge in [0.25, 0.3) is 0 Å². The van der Waals surface area contributed by atoms with Crippen molar-refractivity contribution in [2.24, 2.45) is 0 Å². The zero-order valence-corrected chi connectivity index (χ0v) is 32.7. The molecular weight excluding hydrogens is 607 g/mol. The van der Waals surface area contributed by atoms with E-state index < -0.39 is 7.82 Å². The zero-order valence-electron chi connectivity index (χ0n) is 31.8. The quantitative estimate of drug-likeness (QED) is 0.0507. The van der Waals surface area contributed by atoms with Gasteiger partial charge in [0.2, 0.25) is 0 Å². The minimum Gasteiger partial charge on any atom is -0.379 e. The molecule has 0 fully saturated rings. The van der Waals surface area contributed by atoms with Gasteiger partial charge in [-0.2, -0.15) is 0 Å². The van der Waals surface area contributed by atoms with Crippen LogP contribution in [0.15, 0.2) is 0 Å². The minimum absolute atomic E-state index is 0.0622. The van der Waals surface area contributed by atoms with Crippen LogP contribution in [0.1, 0.15) is 219 Å². The lowest BCUT2D eigenvalue weighted by Crippen LogP contribution is -2.08. The molecular formula is C40H83O6P. The van der Waals surface area contributed by atoms with Crippen LogP contribution in [-0.2, 0) is 23.1 Å². The molecule has 0 heterocycles. The Balaban J connectivity index is 3.25. The van der Waals surface area contributed by atoms with Crippen LogP contribution in [0.25, 0.3) is 0 Å². The first-order valence-corrected chi connectivity index (χ1v) is 22.4. The van der Waals surface area contributed by atoms with Gasteiger partial charge in [-0.15, -0.1) is 0 Å². The smallest absolute Gasteiger partial charge is 0.379 e. The van der Waals surface area contributed by atoms with Crippen LogP contribution in [0.4, 0.5) is 0 Å². The van der Waals surface area contributed by atoms with Gasteiger partial charge < -0.3 is 14.4 Å². The Morgan fingerprint density at radius 3 is 0.766 bits per heavy atom. The summed E-state index contributed by atoms with van der Waals surface area (Å²) in [7, 11) is -4.04. The molecule has 0 spiro atoms. The van der Waals surface area contributed by atoms with Crippen LogP contribution in [-0.4, -0.2) is 44.5 Å². The molecule has 0 aromatic heterocycles. The summed E-state index contributed by atoms with van der Waals surface area (Å²) in [6.07, 6.45) is 43.2. The fourth-order valence-corrected chi connectivity index (χ4v) is 6.85. The van der Waals surface area contributed by atoms with Crippen molar-refractivity contribution < 1.29 is 28.0 Å². The van der Waals surface area contributed by atoms with Gasteiger partial charge in [-0.1, -0.05) is 206 Å². The van der Waals surface area contributed by atoms with E-state index in [4.69, 9.17) is 18.5 Å². The summed E-state index contributed by atoms with van der Waals surface area (Å²) < 4.78 is 33.1. The van der Waals surface area contributed by atoms with E-state index in [-0.39, 0.29) is 13.2 Å². The van der Waals surface area contributed by atoms with Crippen molar-refractivity contribution >= 4 is 7.82 Å². The molecule has 6 nitrogen and oxygen atoms in total. The van der Waals surface area contributed by atoms with E-state index >= 15 is 0 Å². The maximum Gasteiger partial charge on any atom is 0.472 e. The average Bonchev–Trinajstić information content (AvgIpc) is 3.06. The van der Waals surface area contributed by atoms with E-state index in [2.05, 4.69) is 13.8 Å². The number of hydrogen-bond acceptors (Lipinski definition) is 5. The normalized spacial score (nSPS) is 12.0. The van der Waals surface area contributed by atoms with Crippen LogP contribution < -0.4 is 0 Å². The summed E-state index contributed by atoms with van der Waals surface area (Å²) in [4.78, 5) is 9.82. The molecule has 0 aliphatic heterocycles. The molecule has 1 N–H and O–H groups in total. The van der Waals surface area contributed by atoms with Crippen LogP contribution in [0.2, 0.25) is 0 Å². The second-order valence-electron chi connectivity index (χ2n) is 14.0. The second-order valence-corrected chi connectivity index (χ2v) is 15.4. The molecule has 0 saturated carbocycles. The Labute approximate surface area is 294 Å². The van der Waals surface area contributed by atoms with Gasteiger partial charge in [-0.25, -0.2) is 4.57 Å². The lowest BCUT2D eigenvalue weighted by atomic mass is 10.0. The van der Waals surface area contributed by atoms with Gasteiger partial charge in [-0.05, 0) is 12.8 Å². The molecule has 0 aliphatic carbocycles. The molecule has 0 rings (SSSR count). The highest BCUT2D eigenvalue weighted by Gasteiger charge is 2.20. The number of phosphoric ester groups is 1. The third kappa shape index (κ3) is 42.1. The lowest BCUT2D eigenvalue weighted by molar-refractivity contribution is 0.0564. The van der Waals surface area contributed by atoms with Crippen molar-refractivity contribution in [3.8, 4) is 0 Å². The SMILES string of the molecule is CCCCCCCCCCCCCCCCCCOCCOP(=O)(O)OCCOCCCCCCCCCCCCCCCCCC. The molecule has 0 atom stereocenters. The van der Waals surface area contributed by atoms with Gasteiger partial charge in [0.1, 0.15) is 0 Å². The molecule has 0 aromatic carbocycles. The highest BCUT2D eigenvalue weighted by molar-refractivity contribution is 7.47. The van der Waals surface area contributed by atoms with Crippen molar-refractivity contribution in [3.63, 3.8) is 0 Å². The first-order chi connectivity index (χ1) is 23.1. The minimum atomic E-state index is -4.04. The van der Waals surface area contributed by atoms with Gasteiger partial charge in [0.15, 0.2) is 0 Å². The molecule has 0 radical (unpaired) electrons. The van der Waals surface area contributed by atoms with E-state index in [1.807, 2.05) is 0 Å². The van der Waals surface area contributed by atoms with Crippen molar-refractivity contribution in [3.05, 3.63) is 0 Å². The van der Waals surface area contributed by atoms with Crippen molar-refractivity contribution in [1.29, 1.82) is 0 Å². The summed E-state index contributed by atoms with van der Waals surface area (Å²) in [6, 6.07) is 0. The van der Waals surface area contributed by atoms with E-state index in [0.29, 0.717) is 26.4 Å². The molecule has 0 bridgehead atoms. The maximum atomic E-state index is 12.0. The predicted octanol–water partition coefficient (Wildman–Crippen LogP) is 13.7. The fourth-order valence-electron chi connectivity index (χ4n) is 6.17. The molecule has 47 heavy (non-hydrogen) atoms. The standard InChI is InChI=1S/C40H83O6P/c1-3-5-7-9-11-13-15-17-19-21-23-25-27-29-31-33-35-43-37-39-45-47(41,42)46-40-38-44-36-34-32-30-28-26-24-22-20-18-16-14-12-10-8-6-4-2/h3-40H2,1-2H3,(H,41,42). The first kappa shape index (κ1) is 47.0. The molecule has 0 aromatic rings. The van der Waals surface area contributed by atoms with Gasteiger partial charge in [0.05, 0.1) is 26.4 Å². The van der Waals surface area contributed by atoms with Crippen LogP contribution in [0.3, 0.4) is 0 Å². The summed E-state index contributed by atoms with van der Waals surface area (Å²) in [5.74, 6) is 0. The van der Waals surface area contributed by atoms with Crippen molar-refractivity contribution in [1.82, 2.24) is 0 Å². The largest absolute Gasteiger partial charge is 0.472 e. The number of hydrogen-bond donors (Lipinski definition) is 1. The van der Waals surface area contributed by atoms with E-state index in [1.165, 1.54) is 193 Å². The van der Waals surface area contributed by atoms with Crippen LogP contribution in [0.5, 0.6) is 0 Å². The third-order valence-corrected chi connectivity index (χ3v) is 10.3. The Hall–Kier alpha value is 0.0300. The predicted molar refractivity (Wildman–Crippen MR) is 202 cm³/mol. The van der Waals surface area contributed by atoms with Crippen molar-refractivity contribution in [2.45, 2.75) is 219 Å². The molecule has 284 valence electrons. The van der Waals surface area contributed by atoms with E-state index in [9.17, 15) is 9.46 Å². The maximum absolute atomic E-state index is 12.0. The summed E-state index contributed by atoms with van der Waals surface area (Å²) >= 11 is 0. The lowest BCUT2D eigenvalue weighted by Gasteiger charge is -2.12. The number of unbranched alkanes of at least 4 members (excludes halogenated alkanes) is 30. The summed E-state index contributed by atoms with van der Waals surface area (Å²) in [6.45, 7) is 6.65. The third-order valence-electron chi connectivity index (χ3n) is 9.25. The monoisotopic (exact) mass is 691 g/mol. The zero-order chi connectivity index (χ0) is 34.2. The number of phosphoric acid groups is 1. The van der Waals surface area contributed by atoms with Crippen molar-refractivity contribution in [2.75, 3.05) is 39.6 Å². The number of rotatable bonds is 42. The Morgan fingerprint density at radius 1 is 0.319 bits per heavy atom. The van der Waals surface area contributed by atoms with Crippen LogP contribution in [0, 0.1) is 0 Å². The Kier molecular flexibility index (Phi) is 40.5. The fraction of sp³-hybridized carbons (Fsp3) is 1.00. The topological polar surface area (TPSA) is 74.2 Å². The Bertz CT molecular complexity index is 572. The number of ether oxygens (including phenoxy) is 2. The highest BCUT2D eigenvalue weighted by atomic mass is 31.2. The van der Waals surface area contributed by atoms with Gasteiger partial charge in [-0.3, -0.25) is 9.05 Å². The molecule has 0 unspecified atom stereocenters. The summed E-state index contributed by atoms with van der Waals surface area (Å²) in [5, 5.41) is 0. The van der Waals surface area contributed by atoms with Gasteiger partial charge in [0, 0.05) is 13.2 Å². The Morgan fingerprint density at radius 2 is 0.532 bits per heavy atom. The summed E-state index contributed by atoms with van der Waals surface area (Å²) in [5.41, 5.74) is 0. The molecule has 0 amide bonds. The molecule has 0 saturated heterocycles. The van der Waals surface area contributed by atoms with E-state index in [1.54, 1.807) is 0 Å². The highest BCUT2D eigenvalue weighted by Crippen LogP contribution is 2.42. The van der Waals surface area contributed by atoms with Crippen LogP contribution >= 0.6 is 7.82 Å². The van der Waals surface area contributed by atoms with Gasteiger partial charge >= 0.3 is 7.82 Å².